The van der Waals surface area contributed by atoms with Gasteiger partial charge in [-0.1, -0.05) is 0 Å². The van der Waals surface area contributed by atoms with E-state index in [1.165, 1.54) is 29.8 Å². The van der Waals surface area contributed by atoms with Crippen LogP contribution in [0.5, 0.6) is 0 Å². The third-order valence-corrected chi connectivity index (χ3v) is 4.48. The molecule has 1 aliphatic rings. The highest BCUT2D eigenvalue weighted by Gasteiger charge is 2.19. The lowest BCUT2D eigenvalue weighted by Gasteiger charge is -1.90. The van der Waals surface area contributed by atoms with Gasteiger partial charge < -0.3 is 0 Å². The lowest BCUT2D eigenvalue weighted by molar-refractivity contribution is 0.768. The maximum atomic E-state index is 4.69. The molecule has 0 unspecified atom stereocenters. The van der Waals surface area contributed by atoms with Crippen molar-refractivity contribution in [2.75, 3.05) is 0 Å². The minimum Gasteiger partial charge on any atom is -0.294 e. The van der Waals surface area contributed by atoms with Gasteiger partial charge in [0.15, 0.2) is 4.96 Å². The minimum atomic E-state index is 1.03. The van der Waals surface area contributed by atoms with Crippen molar-refractivity contribution < 1.29 is 0 Å². The Balaban J connectivity index is 1.90. The van der Waals surface area contributed by atoms with Gasteiger partial charge in [0.25, 0.3) is 0 Å². The SMILES string of the molecule is Cn1cc(-c2cn3c4c(sc3n2)CCC4)cn1. The highest BCUT2D eigenvalue weighted by atomic mass is 32.1. The van der Waals surface area contributed by atoms with E-state index in [1.54, 1.807) is 0 Å². The fraction of sp³-hybridized carbons (Fsp3) is 0.333. The van der Waals surface area contributed by atoms with Crippen LogP contribution in [0.3, 0.4) is 0 Å². The maximum absolute atomic E-state index is 4.69. The monoisotopic (exact) mass is 244 g/mol. The zero-order valence-electron chi connectivity index (χ0n) is 9.55. The van der Waals surface area contributed by atoms with Crippen LogP contribution in [0.2, 0.25) is 0 Å². The van der Waals surface area contributed by atoms with Crippen molar-refractivity contribution in [3.8, 4) is 11.3 Å². The number of rotatable bonds is 1. The van der Waals surface area contributed by atoms with Crippen LogP contribution in [0.15, 0.2) is 18.6 Å². The molecule has 1 aliphatic carbocycles. The lowest BCUT2D eigenvalue weighted by atomic mass is 10.3. The van der Waals surface area contributed by atoms with E-state index in [4.69, 9.17) is 0 Å². The minimum absolute atomic E-state index is 1.03. The third kappa shape index (κ3) is 1.29. The summed E-state index contributed by atoms with van der Waals surface area (Å²) in [4.78, 5) is 7.33. The van der Waals surface area contributed by atoms with Crippen molar-refractivity contribution in [1.29, 1.82) is 0 Å². The Morgan fingerprint density at radius 3 is 3.06 bits per heavy atom. The molecule has 3 aromatic rings. The second-order valence-electron chi connectivity index (χ2n) is 4.51. The zero-order valence-corrected chi connectivity index (χ0v) is 10.4. The molecule has 86 valence electrons. The van der Waals surface area contributed by atoms with Gasteiger partial charge in [0, 0.05) is 35.6 Å². The first-order valence-electron chi connectivity index (χ1n) is 5.80. The molecule has 0 atom stereocenters. The van der Waals surface area contributed by atoms with Gasteiger partial charge in [0.1, 0.15) is 0 Å². The summed E-state index contributed by atoms with van der Waals surface area (Å²) in [6.45, 7) is 0. The van der Waals surface area contributed by atoms with Crippen molar-refractivity contribution in [3.63, 3.8) is 0 Å². The summed E-state index contributed by atoms with van der Waals surface area (Å²) in [5.41, 5.74) is 3.59. The van der Waals surface area contributed by atoms with E-state index in [0.717, 1.165) is 16.2 Å². The summed E-state index contributed by atoms with van der Waals surface area (Å²) >= 11 is 1.83. The molecule has 5 heteroatoms. The number of aromatic nitrogens is 4. The van der Waals surface area contributed by atoms with E-state index in [9.17, 15) is 0 Å². The van der Waals surface area contributed by atoms with Crippen molar-refractivity contribution in [1.82, 2.24) is 19.2 Å². The quantitative estimate of drug-likeness (QED) is 0.658. The average Bonchev–Trinajstić information content (AvgIpc) is 2.95. The van der Waals surface area contributed by atoms with Crippen LogP contribution < -0.4 is 0 Å². The molecule has 4 nitrogen and oxygen atoms in total. The van der Waals surface area contributed by atoms with E-state index in [1.807, 2.05) is 35.5 Å². The molecule has 0 amide bonds. The Kier molecular flexibility index (Phi) is 1.77. The summed E-state index contributed by atoms with van der Waals surface area (Å²) in [6.07, 6.45) is 9.73. The maximum Gasteiger partial charge on any atom is 0.194 e. The topological polar surface area (TPSA) is 35.1 Å². The molecule has 0 spiro atoms. The van der Waals surface area contributed by atoms with Gasteiger partial charge >= 0.3 is 0 Å². The van der Waals surface area contributed by atoms with E-state index >= 15 is 0 Å². The van der Waals surface area contributed by atoms with Crippen molar-refractivity contribution in [2.45, 2.75) is 19.3 Å². The van der Waals surface area contributed by atoms with Gasteiger partial charge in [-0.15, -0.1) is 11.3 Å². The molecule has 0 N–H and O–H groups in total. The zero-order chi connectivity index (χ0) is 11.4. The van der Waals surface area contributed by atoms with Crippen molar-refractivity contribution >= 4 is 16.3 Å². The smallest absolute Gasteiger partial charge is 0.194 e. The van der Waals surface area contributed by atoms with Gasteiger partial charge in [-0.2, -0.15) is 5.10 Å². The molecule has 0 bridgehead atoms. The van der Waals surface area contributed by atoms with E-state index in [-0.39, 0.29) is 0 Å². The molecule has 4 rings (SSSR count). The van der Waals surface area contributed by atoms with Crippen LogP contribution in [0.1, 0.15) is 17.0 Å². The second kappa shape index (κ2) is 3.20. The first kappa shape index (κ1) is 9.41. The largest absolute Gasteiger partial charge is 0.294 e. The number of imidazole rings is 1. The highest BCUT2D eigenvalue weighted by Crippen LogP contribution is 2.32. The number of fused-ring (bicyclic) bond motifs is 3. The van der Waals surface area contributed by atoms with Gasteiger partial charge in [0.05, 0.1) is 11.9 Å². The summed E-state index contributed by atoms with van der Waals surface area (Å²) in [6, 6.07) is 0. The van der Waals surface area contributed by atoms with E-state index in [0.29, 0.717) is 0 Å². The predicted octanol–water partition coefficient (Wildman–Crippen LogP) is 2.29. The fourth-order valence-corrected chi connectivity index (χ4v) is 3.69. The molecule has 17 heavy (non-hydrogen) atoms. The molecule has 3 aromatic heterocycles. The predicted molar refractivity (Wildman–Crippen MR) is 67.3 cm³/mol. The fourth-order valence-electron chi connectivity index (χ4n) is 2.50. The Morgan fingerprint density at radius 1 is 1.29 bits per heavy atom. The van der Waals surface area contributed by atoms with Crippen LogP contribution in [0.4, 0.5) is 0 Å². The molecule has 3 heterocycles. The number of hydrogen-bond donors (Lipinski definition) is 0. The summed E-state index contributed by atoms with van der Waals surface area (Å²) in [7, 11) is 1.93. The number of nitrogens with zero attached hydrogens (tertiary/aromatic N) is 4. The van der Waals surface area contributed by atoms with E-state index < -0.39 is 0 Å². The van der Waals surface area contributed by atoms with E-state index in [2.05, 4.69) is 20.7 Å². The van der Waals surface area contributed by atoms with Crippen molar-refractivity contribution in [2.24, 2.45) is 7.05 Å². The highest BCUT2D eigenvalue weighted by molar-refractivity contribution is 7.17. The van der Waals surface area contributed by atoms with Crippen molar-refractivity contribution in [3.05, 3.63) is 29.2 Å². The molecular formula is C12H12N4S. The number of thiazole rings is 1. The lowest BCUT2D eigenvalue weighted by Crippen LogP contribution is -1.85. The Morgan fingerprint density at radius 2 is 2.24 bits per heavy atom. The average molecular weight is 244 g/mol. The second-order valence-corrected chi connectivity index (χ2v) is 5.57. The summed E-state index contributed by atoms with van der Waals surface area (Å²) in [5, 5.41) is 4.19. The Hall–Kier alpha value is -1.62. The molecule has 0 saturated heterocycles. The van der Waals surface area contributed by atoms with Gasteiger partial charge in [0.2, 0.25) is 0 Å². The van der Waals surface area contributed by atoms with Gasteiger partial charge in [-0.05, 0) is 19.3 Å². The van der Waals surface area contributed by atoms with Crippen LogP contribution >= 0.6 is 11.3 Å². The van der Waals surface area contributed by atoms with Crippen LogP contribution in [0, 0.1) is 0 Å². The first-order valence-corrected chi connectivity index (χ1v) is 6.61. The van der Waals surface area contributed by atoms with Crippen LogP contribution in [0.25, 0.3) is 16.2 Å². The molecular weight excluding hydrogens is 232 g/mol. The molecule has 0 aliphatic heterocycles. The molecule has 0 radical (unpaired) electrons. The molecule has 0 saturated carbocycles. The van der Waals surface area contributed by atoms with Gasteiger partial charge in [-0.25, -0.2) is 4.98 Å². The standard InChI is InChI=1S/C12H12N4S/c1-15-6-8(5-13-15)9-7-16-10-3-2-4-11(10)17-12(16)14-9/h5-7H,2-4H2,1H3. The van der Waals surface area contributed by atoms with Crippen LogP contribution in [-0.4, -0.2) is 19.2 Å². The number of aryl methyl sites for hydroxylation is 3. The molecule has 0 fully saturated rings. The first-order chi connectivity index (χ1) is 8.31. The number of hydrogen-bond acceptors (Lipinski definition) is 3. The third-order valence-electron chi connectivity index (χ3n) is 3.32. The van der Waals surface area contributed by atoms with Gasteiger partial charge in [-0.3, -0.25) is 9.08 Å². The molecule has 0 aromatic carbocycles. The summed E-state index contributed by atoms with van der Waals surface area (Å²) < 4.78 is 4.07. The Labute approximate surface area is 103 Å². The summed E-state index contributed by atoms with van der Waals surface area (Å²) in [5.74, 6) is 0. The normalized spacial score (nSPS) is 14.6. The van der Waals surface area contributed by atoms with Crippen LogP contribution in [-0.2, 0) is 19.9 Å². The Bertz CT molecular complexity index is 703.